The van der Waals surface area contributed by atoms with E-state index in [9.17, 15) is 23.1 Å². The van der Waals surface area contributed by atoms with Gasteiger partial charge in [-0.2, -0.15) is 4.72 Å². The first kappa shape index (κ1) is 28.5. The quantitative estimate of drug-likeness (QED) is 0.220. The molecule has 0 saturated heterocycles. The molecule has 1 atom stereocenters. The van der Waals surface area contributed by atoms with E-state index in [2.05, 4.69) is 20.3 Å². The molecule has 4 N–H and O–H groups in total. The maximum absolute atomic E-state index is 13.1. The molecule has 4 rings (SSSR count). The number of urea groups is 1. The average molecular weight is 559 g/mol. The highest BCUT2D eigenvalue weighted by molar-refractivity contribution is 7.89. The molecule has 40 heavy (non-hydrogen) atoms. The minimum Gasteiger partial charge on any atom is -0.480 e. The van der Waals surface area contributed by atoms with Gasteiger partial charge in [-0.05, 0) is 79.3 Å². The van der Waals surface area contributed by atoms with Crippen molar-refractivity contribution in [1.82, 2.24) is 9.71 Å². The SMILES string of the molecule is Cc1cc(C)c(S(=O)(=O)N[C@@H](Cc2ccc(-c3cccc(NC(=O)Nc4cccnc4)c3)cc2)C(=O)O)c(C)c1. The highest BCUT2D eigenvalue weighted by Gasteiger charge is 2.28. The minimum absolute atomic E-state index is 0.0328. The molecule has 1 heterocycles. The molecule has 3 aromatic carbocycles. The molecular formula is C30H30N4O5S. The van der Waals surface area contributed by atoms with Crippen LogP contribution in [0.1, 0.15) is 22.3 Å². The van der Waals surface area contributed by atoms with Gasteiger partial charge in [-0.3, -0.25) is 9.78 Å². The number of aliphatic carboxylic acids is 1. The number of benzene rings is 3. The third-order valence-corrected chi connectivity index (χ3v) is 8.01. The van der Waals surface area contributed by atoms with Crippen LogP contribution in [0.4, 0.5) is 16.2 Å². The number of hydrogen-bond acceptors (Lipinski definition) is 5. The van der Waals surface area contributed by atoms with E-state index < -0.39 is 28.1 Å². The van der Waals surface area contributed by atoms with Gasteiger partial charge in [0.15, 0.2) is 0 Å². The zero-order valence-corrected chi connectivity index (χ0v) is 23.1. The number of carboxylic acids is 1. The number of anilines is 2. The summed E-state index contributed by atoms with van der Waals surface area (Å²) < 4.78 is 28.6. The number of carbonyl (C=O) groups excluding carboxylic acids is 1. The van der Waals surface area contributed by atoms with Crippen LogP contribution < -0.4 is 15.4 Å². The predicted octanol–water partition coefficient (Wildman–Crippen LogP) is 5.29. The summed E-state index contributed by atoms with van der Waals surface area (Å²) in [6.07, 6.45) is 3.13. The fourth-order valence-electron chi connectivity index (χ4n) is 4.59. The van der Waals surface area contributed by atoms with Crippen LogP contribution in [0.15, 0.2) is 90.1 Å². The maximum atomic E-state index is 13.1. The van der Waals surface area contributed by atoms with E-state index in [0.29, 0.717) is 28.1 Å². The number of aromatic nitrogens is 1. The lowest BCUT2D eigenvalue weighted by atomic mass is 10.0. The van der Waals surface area contributed by atoms with Crippen LogP contribution in [0.25, 0.3) is 11.1 Å². The summed E-state index contributed by atoms with van der Waals surface area (Å²) in [5.74, 6) is -1.27. The van der Waals surface area contributed by atoms with Crippen LogP contribution in [0.3, 0.4) is 0 Å². The van der Waals surface area contributed by atoms with Gasteiger partial charge in [-0.1, -0.05) is 54.1 Å². The fraction of sp³-hybridized carbons (Fsp3) is 0.167. The van der Waals surface area contributed by atoms with Crippen LogP contribution in [-0.4, -0.2) is 36.6 Å². The predicted molar refractivity (Wildman–Crippen MR) is 155 cm³/mol. The molecule has 4 aromatic rings. The summed E-state index contributed by atoms with van der Waals surface area (Å²) in [6.45, 7) is 5.27. The topological polar surface area (TPSA) is 137 Å². The molecule has 0 unspecified atom stereocenters. The van der Waals surface area contributed by atoms with Gasteiger partial charge < -0.3 is 15.7 Å². The Morgan fingerprint density at radius 1 is 0.850 bits per heavy atom. The highest BCUT2D eigenvalue weighted by atomic mass is 32.2. The Bertz CT molecular complexity index is 1620. The summed E-state index contributed by atoms with van der Waals surface area (Å²) in [7, 11) is -4.06. The molecule has 206 valence electrons. The number of amides is 2. The third-order valence-electron chi connectivity index (χ3n) is 6.24. The Morgan fingerprint density at radius 2 is 1.50 bits per heavy atom. The van der Waals surface area contributed by atoms with E-state index in [1.807, 2.05) is 37.3 Å². The van der Waals surface area contributed by atoms with Crippen molar-refractivity contribution in [1.29, 1.82) is 0 Å². The normalized spacial score (nSPS) is 12.0. The minimum atomic E-state index is -4.06. The second-order valence-electron chi connectivity index (χ2n) is 9.54. The second kappa shape index (κ2) is 12.1. The number of nitrogens with zero attached hydrogens (tertiary/aromatic N) is 1. The number of carboxylic acid groups (broad SMARTS) is 1. The Balaban J connectivity index is 1.46. The highest BCUT2D eigenvalue weighted by Crippen LogP contribution is 2.25. The molecule has 2 amide bonds. The van der Waals surface area contributed by atoms with Crippen LogP contribution in [-0.2, 0) is 21.2 Å². The van der Waals surface area contributed by atoms with E-state index in [4.69, 9.17) is 0 Å². The van der Waals surface area contributed by atoms with E-state index in [1.165, 1.54) is 0 Å². The maximum Gasteiger partial charge on any atom is 0.323 e. The first-order chi connectivity index (χ1) is 19.0. The first-order valence-corrected chi connectivity index (χ1v) is 14.0. The lowest BCUT2D eigenvalue weighted by Gasteiger charge is -2.18. The van der Waals surface area contributed by atoms with Crippen molar-refractivity contribution < 1.29 is 23.1 Å². The lowest BCUT2D eigenvalue weighted by molar-refractivity contribution is -0.138. The molecule has 0 aliphatic rings. The zero-order valence-electron chi connectivity index (χ0n) is 22.3. The number of rotatable bonds is 9. The number of hydrogen-bond donors (Lipinski definition) is 4. The largest absolute Gasteiger partial charge is 0.480 e. The van der Waals surface area contributed by atoms with Gasteiger partial charge in [0.1, 0.15) is 6.04 Å². The molecular weight excluding hydrogens is 528 g/mol. The number of nitrogens with one attached hydrogen (secondary N) is 3. The molecule has 10 heteroatoms. The van der Waals surface area contributed by atoms with E-state index in [-0.39, 0.29) is 11.3 Å². The average Bonchev–Trinajstić information content (AvgIpc) is 2.88. The smallest absolute Gasteiger partial charge is 0.323 e. The van der Waals surface area contributed by atoms with Crippen molar-refractivity contribution in [3.8, 4) is 11.1 Å². The lowest BCUT2D eigenvalue weighted by Crippen LogP contribution is -2.42. The number of carbonyl (C=O) groups is 2. The Labute approximate surface area is 233 Å². The molecule has 1 aromatic heterocycles. The van der Waals surface area contributed by atoms with Gasteiger partial charge in [0.05, 0.1) is 16.8 Å². The van der Waals surface area contributed by atoms with Gasteiger partial charge in [0, 0.05) is 11.9 Å². The van der Waals surface area contributed by atoms with Gasteiger partial charge >= 0.3 is 12.0 Å². The standard InChI is InChI=1S/C30H30N4O5S/c1-19-14-20(2)28(21(3)15-19)40(38,39)34-27(29(35)36)16-22-9-11-23(12-10-22)24-6-4-7-25(17-24)32-30(37)33-26-8-5-13-31-18-26/h4-15,17-18,27,34H,16H2,1-3H3,(H,35,36)(H2,32,33,37)/t27-/m0/s1. The van der Waals surface area contributed by atoms with Gasteiger partial charge in [-0.15, -0.1) is 0 Å². The van der Waals surface area contributed by atoms with Gasteiger partial charge in [-0.25, -0.2) is 13.2 Å². The Kier molecular flexibility index (Phi) is 8.61. The van der Waals surface area contributed by atoms with E-state index in [0.717, 1.165) is 16.7 Å². The van der Waals surface area contributed by atoms with Gasteiger partial charge in [0.2, 0.25) is 10.0 Å². The third kappa shape index (κ3) is 7.10. The van der Waals surface area contributed by atoms with Gasteiger partial charge in [0.25, 0.3) is 0 Å². The van der Waals surface area contributed by atoms with Crippen LogP contribution >= 0.6 is 0 Å². The second-order valence-corrected chi connectivity index (χ2v) is 11.2. The van der Waals surface area contributed by atoms with Crippen molar-refractivity contribution in [3.05, 3.63) is 107 Å². The van der Waals surface area contributed by atoms with Crippen LogP contribution in [0, 0.1) is 20.8 Å². The summed E-state index contributed by atoms with van der Waals surface area (Å²) in [4.78, 5) is 28.4. The van der Waals surface area contributed by atoms with Crippen LogP contribution in [0.2, 0.25) is 0 Å². The first-order valence-electron chi connectivity index (χ1n) is 12.5. The summed E-state index contributed by atoms with van der Waals surface area (Å²) in [5.41, 5.74) is 5.54. The van der Waals surface area contributed by atoms with E-state index in [1.54, 1.807) is 68.7 Å². The van der Waals surface area contributed by atoms with Crippen molar-refractivity contribution >= 4 is 33.4 Å². The number of pyridine rings is 1. The molecule has 0 aliphatic carbocycles. The van der Waals surface area contributed by atoms with Crippen LogP contribution in [0.5, 0.6) is 0 Å². The molecule has 0 aliphatic heterocycles. The monoisotopic (exact) mass is 558 g/mol. The van der Waals surface area contributed by atoms with E-state index >= 15 is 0 Å². The molecule has 9 nitrogen and oxygen atoms in total. The fourth-order valence-corrected chi connectivity index (χ4v) is 6.23. The van der Waals surface area contributed by atoms with Crippen molar-refractivity contribution in [3.63, 3.8) is 0 Å². The molecule has 0 spiro atoms. The summed E-state index contributed by atoms with van der Waals surface area (Å²) >= 11 is 0. The number of sulfonamides is 1. The molecule has 0 fully saturated rings. The van der Waals surface area contributed by atoms with Crippen molar-refractivity contribution in [2.75, 3.05) is 10.6 Å². The molecule has 0 saturated carbocycles. The van der Waals surface area contributed by atoms with Crippen molar-refractivity contribution in [2.45, 2.75) is 38.1 Å². The summed E-state index contributed by atoms with van der Waals surface area (Å²) in [5, 5.41) is 15.3. The Hall–Kier alpha value is -4.54. The zero-order chi connectivity index (χ0) is 28.9. The molecule has 0 bridgehead atoms. The van der Waals surface area contributed by atoms with Crippen molar-refractivity contribution in [2.24, 2.45) is 0 Å². The number of aryl methyl sites for hydroxylation is 3. The molecule has 0 radical (unpaired) electrons. The summed E-state index contributed by atoms with van der Waals surface area (Å²) in [6, 6.07) is 19.7. The Morgan fingerprint density at radius 3 is 2.12 bits per heavy atom.